The molecule has 0 bridgehead atoms. The van der Waals surface area contributed by atoms with Crippen molar-refractivity contribution >= 4 is 11.7 Å². The van der Waals surface area contributed by atoms with E-state index >= 15 is 0 Å². The number of amides is 1. The molecular weight excluding hydrogens is 397 g/mol. The Morgan fingerprint density at radius 3 is 2.67 bits per heavy atom. The summed E-state index contributed by atoms with van der Waals surface area (Å²) in [6.45, 7) is 3.69. The van der Waals surface area contributed by atoms with E-state index in [-0.39, 0.29) is 29.9 Å². The fourth-order valence-corrected chi connectivity index (χ4v) is 3.62. The normalized spacial score (nSPS) is 19.5. The molecule has 9 heteroatoms. The molecule has 1 aromatic carbocycles. The maximum Gasteiger partial charge on any atom is 0.410 e. The van der Waals surface area contributed by atoms with Crippen LogP contribution in [0.4, 0.5) is 19.0 Å². The second-order valence-electron chi connectivity index (χ2n) is 7.66. The van der Waals surface area contributed by atoms with Gasteiger partial charge in [-0.05, 0) is 50.3 Å². The number of aromatic nitrogens is 2. The van der Waals surface area contributed by atoms with Crippen molar-refractivity contribution < 1.29 is 22.7 Å². The van der Waals surface area contributed by atoms with Crippen LogP contribution in [0, 0.1) is 0 Å². The lowest BCUT2D eigenvalue weighted by molar-refractivity contribution is -0.173. The number of hydrogen-bond donors (Lipinski definition) is 2. The molecule has 0 saturated carbocycles. The number of nitrogens with one attached hydrogen (secondary N) is 2. The van der Waals surface area contributed by atoms with Crippen LogP contribution in [0.25, 0.3) is 0 Å². The van der Waals surface area contributed by atoms with E-state index in [1.807, 2.05) is 38.1 Å². The fourth-order valence-electron chi connectivity index (χ4n) is 3.62. The number of halogens is 3. The van der Waals surface area contributed by atoms with Gasteiger partial charge in [0.15, 0.2) is 6.04 Å². The summed E-state index contributed by atoms with van der Waals surface area (Å²) in [5.74, 6) is 0.486. The van der Waals surface area contributed by atoms with Gasteiger partial charge < -0.3 is 15.4 Å². The van der Waals surface area contributed by atoms with Crippen molar-refractivity contribution in [3.63, 3.8) is 0 Å². The SMILES string of the molecule is CC[C@H]1C[C@@H](C(F)(F)F)n2ncc(C(=O)N[C@H](C)CCc3ccc(OC)cc3)c2N1. The highest BCUT2D eigenvalue weighted by Crippen LogP contribution is 2.40. The number of nitrogens with zero attached hydrogens (tertiary/aromatic N) is 2. The van der Waals surface area contributed by atoms with Gasteiger partial charge in [0.2, 0.25) is 0 Å². The van der Waals surface area contributed by atoms with E-state index in [1.165, 1.54) is 6.20 Å². The van der Waals surface area contributed by atoms with Gasteiger partial charge in [-0.2, -0.15) is 18.3 Å². The van der Waals surface area contributed by atoms with Crippen molar-refractivity contribution in [3.8, 4) is 5.75 Å². The quantitative estimate of drug-likeness (QED) is 0.694. The van der Waals surface area contributed by atoms with E-state index in [0.717, 1.165) is 22.4 Å². The Labute approximate surface area is 173 Å². The standard InChI is InChI=1S/C21H27F3N4O2/c1-4-15-11-18(21(22,23)24)28-19(27-15)17(12-25-28)20(29)26-13(2)5-6-14-7-9-16(30-3)10-8-14/h7-10,12-13,15,18,27H,4-6,11H2,1-3H3,(H,26,29)/t13-,15+,18+/m1/s1. The molecule has 1 aliphatic rings. The number of anilines is 1. The molecule has 1 aromatic heterocycles. The summed E-state index contributed by atoms with van der Waals surface area (Å²) in [4.78, 5) is 12.7. The molecule has 2 aromatic rings. The van der Waals surface area contributed by atoms with Crippen molar-refractivity contribution in [1.82, 2.24) is 15.1 Å². The van der Waals surface area contributed by atoms with Crippen molar-refractivity contribution in [1.29, 1.82) is 0 Å². The molecule has 6 nitrogen and oxygen atoms in total. The van der Waals surface area contributed by atoms with E-state index < -0.39 is 18.1 Å². The number of methoxy groups -OCH3 is 1. The molecule has 3 rings (SSSR count). The second-order valence-corrected chi connectivity index (χ2v) is 7.66. The van der Waals surface area contributed by atoms with Crippen molar-refractivity contribution in [2.45, 2.75) is 63.8 Å². The Morgan fingerprint density at radius 2 is 2.07 bits per heavy atom. The summed E-state index contributed by atoms with van der Waals surface area (Å²) in [6.07, 6.45) is -1.34. The first-order valence-electron chi connectivity index (χ1n) is 10.1. The second kappa shape index (κ2) is 8.97. The minimum atomic E-state index is -4.42. The van der Waals surface area contributed by atoms with Gasteiger partial charge >= 0.3 is 6.18 Å². The number of carbonyl (C=O) groups excluding carboxylic acids is 1. The molecule has 2 heterocycles. The molecule has 1 aliphatic heterocycles. The molecule has 164 valence electrons. The van der Waals surface area contributed by atoms with Crippen LogP contribution in [-0.4, -0.2) is 41.1 Å². The Kier molecular flexibility index (Phi) is 6.58. The molecule has 0 spiro atoms. The van der Waals surface area contributed by atoms with Crippen molar-refractivity contribution in [3.05, 3.63) is 41.6 Å². The molecule has 1 amide bonds. The largest absolute Gasteiger partial charge is 0.497 e. The highest BCUT2D eigenvalue weighted by atomic mass is 19.4. The van der Waals surface area contributed by atoms with Gasteiger partial charge in [-0.1, -0.05) is 19.1 Å². The zero-order valence-electron chi connectivity index (χ0n) is 17.3. The van der Waals surface area contributed by atoms with Crippen LogP contribution in [0.3, 0.4) is 0 Å². The number of ether oxygens (including phenoxy) is 1. The summed E-state index contributed by atoms with van der Waals surface area (Å²) in [7, 11) is 1.61. The van der Waals surface area contributed by atoms with Crippen LogP contribution in [0.15, 0.2) is 30.5 Å². The van der Waals surface area contributed by atoms with Crippen LogP contribution in [0.1, 0.15) is 55.1 Å². The minimum absolute atomic E-state index is 0.103. The third-order valence-electron chi connectivity index (χ3n) is 5.46. The number of carbonyl (C=O) groups is 1. The van der Waals surface area contributed by atoms with Gasteiger partial charge in [0.25, 0.3) is 5.91 Å². The molecule has 0 unspecified atom stereocenters. The first-order valence-corrected chi connectivity index (χ1v) is 10.1. The maximum absolute atomic E-state index is 13.5. The van der Waals surface area contributed by atoms with E-state index in [9.17, 15) is 18.0 Å². The number of fused-ring (bicyclic) bond motifs is 1. The average molecular weight is 424 g/mol. The Bertz CT molecular complexity index is 864. The monoisotopic (exact) mass is 424 g/mol. The first-order chi connectivity index (χ1) is 14.2. The van der Waals surface area contributed by atoms with E-state index in [1.54, 1.807) is 7.11 Å². The minimum Gasteiger partial charge on any atom is -0.497 e. The lowest BCUT2D eigenvalue weighted by atomic mass is 10.0. The van der Waals surface area contributed by atoms with Gasteiger partial charge in [-0.3, -0.25) is 4.79 Å². The van der Waals surface area contributed by atoms with Crippen LogP contribution in [-0.2, 0) is 6.42 Å². The van der Waals surface area contributed by atoms with Gasteiger partial charge in [0.05, 0.1) is 13.3 Å². The molecule has 0 saturated heterocycles. The zero-order valence-corrected chi connectivity index (χ0v) is 17.3. The number of hydrogen-bond acceptors (Lipinski definition) is 4. The topological polar surface area (TPSA) is 68.2 Å². The lowest BCUT2D eigenvalue weighted by Gasteiger charge is -2.33. The molecule has 3 atom stereocenters. The first kappa shape index (κ1) is 22.0. The highest BCUT2D eigenvalue weighted by molar-refractivity contribution is 5.99. The molecular formula is C21H27F3N4O2. The number of rotatable bonds is 7. The Balaban J connectivity index is 1.66. The van der Waals surface area contributed by atoms with Crippen molar-refractivity contribution in [2.24, 2.45) is 0 Å². The summed E-state index contributed by atoms with van der Waals surface area (Å²) in [6, 6.07) is 5.45. The summed E-state index contributed by atoms with van der Waals surface area (Å²) in [5, 5.41) is 9.79. The van der Waals surface area contributed by atoms with Gasteiger partial charge in [-0.15, -0.1) is 0 Å². The summed E-state index contributed by atoms with van der Waals surface area (Å²) in [5.41, 5.74) is 1.25. The lowest BCUT2D eigenvalue weighted by Crippen LogP contribution is -2.40. The van der Waals surface area contributed by atoms with Crippen molar-refractivity contribution in [2.75, 3.05) is 12.4 Å². The van der Waals surface area contributed by atoms with Gasteiger partial charge in [0, 0.05) is 12.1 Å². The third-order valence-corrected chi connectivity index (χ3v) is 5.46. The van der Waals surface area contributed by atoms with E-state index in [2.05, 4.69) is 15.7 Å². The van der Waals surface area contributed by atoms with Crippen LogP contribution >= 0.6 is 0 Å². The number of alkyl halides is 3. The number of aryl methyl sites for hydroxylation is 1. The van der Waals surface area contributed by atoms with Crippen LogP contribution in [0.5, 0.6) is 5.75 Å². The Morgan fingerprint density at radius 1 is 1.37 bits per heavy atom. The third kappa shape index (κ3) is 4.88. The van der Waals surface area contributed by atoms with Crippen LogP contribution < -0.4 is 15.4 Å². The van der Waals surface area contributed by atoms with Gasteiger partial charge in [0.1, 0.15) is 17.1 Å². The molecule has 0 radical (unpaired) electrons. The zero-order chi connectivity index (χ0) is 21.9. The predicted molar refractivity (Wildman–Crippen MR) is 108 cm³/mol. The van der Waals surface area contributed by atoms with Crippen LogP contribution in [0.2, 0.25) is 0 Å². The maximum atomic E-state index is 13.5. The predicted octanol–water partition coefficient (Wildman–Crippen LogP) is 4.34. The fraction of sp³-hybridized carbons (Fsp3) is 0.524. The van der Waals surface area contributed by atoms with E-state index in [0.29, 0.717) is 12.8 Å². The van der Waals surface area contributed by atoms with E-state index in [4.69, 9.17) is 4.74 Å². The smallest absolute Gasteiger partial charge is 0.410 e. The molecule has 0 fully saturated rings. The summed E-state index contributed by atoms with van der Waals surface area (Å²) < 4.78 is 46.4. The molecule has 0 aliphatic carbocycles. The number of benzene rings is 1. The molecule has 2 N–H and O–H groups in total. The average Bonchev–Trinajstić information content (AvgIpc) is 3.15. The highest BCUT2D eigenvalue weighted by Gasteiger charge is 2.46. The molecule has 30 heavy (non-hydrogen) atoms. The van der Waals surface area contributed by atoms with Gasteiger partial charge in [-0.25, -0.2) is 4.68 Å². The summed E-state index contributed by atoms with van der Waals surface area (Å²) >= 11 is 0. The Hall–Kier alpha value is -2.71.